The van der Waals surface area contributed by atoms with E-state index in [2.05, 4.69) is 13.5 Å². The highest BCUT2D eigenvalue weighted by molar-refractivity contribution is 6.66. The fraction of sp³-hybridized carbons (Fsp3) is 0.867. The molecule has 0 aromatic carbocycles. The van der Waals surface area contributed by atoms with Crippen LogP contribution in [0.4, 0.5) is 0 Å². The van der Waals surface area contributed by atoms with Crippen molar-refractivity contribution in [1.29, 1.82) is 0 Å². The maximum absolute atomic E-state index is 5.95. The van der Waals surface area contributed by atoms with Crippen molar-refractivity contribution < 1.29 is 13.3 Å². The minimum absolute atomic E-state index is 0.280. The summed E-state index contributed by atoms with van der Waals surface area (Å²) in [5.41, 5.74) is 1.44. The second-order valence-electron chi connectivity index (χ2n) is 5.84. The lowest BCUT2D eigenvalue weighted by molar-refractivity contribution is 0.0146. The molecule has 0 spiro atoms. The molecule has 0 rings (SSSR count). The van der Waals surface area contributed by atoms with Gasteiger partial charge in [-0.05, 0) is 32.9 Å². The van der Waals surface area contributed by atoms with E-state index in [4.69, 9.17) is 13.3 Å². The molecule has 0 saturated carbocycles. The van der Waals surface area contributed by atoms with Gasteiger partial charge in [-0.3, -0.25) is 0 Å². The summed E-state index contributed by atoms with van der Waals surface area (Å²) < 4.78 is 17.3. The third-order valence-electron chi connectivity index (χ3n) is 2.78. The van der Waals surface area contributed by atoms with E-state index in [1.54, 1.807) is 12.8 Å². The Labute approximate surface area is 120 Å². The Bertz CT molecular complexity index is 238. The molecule has 0 aromatic rings. The summed E-state index contributed by atoms with van der Waals surface area (Å²) in [5, 5.41) is 0. The molecule has 114 valence electrons. The Morgan fingerprint density at radius 2 is 1.63 bits per heavy atom. The zero-order valence-corrected chi connectivity index (χ0v) is 14.5. The van der Waals surface area contributed by atoms with Crippen LogP contribution in [0.5, 0.6) is 0 Å². The van der Waals surface area contributed by atoms with E-state index in [0.29, 0.717) is 6.61 Å². The van der Waals surface area contributed by atoms with Crippen molar-refractivity contribution in [2.24, 2.45) is 0 Å². The standard InChI is InChI=1S/C15H32O3Si/c1-7-9-10-11-12-13-14-17-19(8-2,16-6)18-15(3,4)5/h8H,2,7,9-14H2,1,3-6H3. The number of hydrogen-bond acceptors (Lipinski definition) is 3. The summed E-state index contributed by atoms with van der Waals surface area (Å²) >= 11 is 0. The fourth-order valence-electron chi connectivity index (χ4n) is 1.84. The lowest BCUT2D eigenvalue weighted by atomic mass is 10.1. The summed E-state index contributed by atoms with van der Waals surface area (Å²) in [4.78, 5) is 0. The summed E-state index contributed by atoms with van der Waals surface area (Å²) in [7, 11) is -1.05. The minimum atomic E-state index is -2.69. The van der Waals surface area contributed by atoms with Gasteiger partial charge in [0.2, 0.25) is 0 Å². The van der Waals surface area contributed by atoms with Gasteiger partial charge in [0.05, 0.1) is 5.60 Å². The van der Waals surface area contributed by atoms with E-state index in [1.165, 1.54) is 32.1 Å². The third-order valence-corrected chi connectivity index (χ3v) is 5.36. The van der Waals surface area contributed by atoms with Crippen molar-refractivity contribution in [2.75, 3.05) is 13.7 Å². The van der Waals surface area contributed by atoms with Gasteiger partial charge >= 0.3 is 8.80 Å². The smallest absolute Gasteiger partial charge is 0.374 e. The number of unbranched alkanes of at least 4 members (excludes halogenated alkanes) is 5. The molecule has 0 amide bonds. The van der Waals surface area contributed by atoms with Crippen molar-refractivity contribution in [2.45, 2.75) is 71.8 Å². The highest BCUT2D eigenvalue weighted by atomic mass is 28.4. The van der Waals surface area contributed by atoms with Crippen LogP contribution in [0, 0.1) is 0 Å². The lowest BCUT2D eigenvalue weighted by Crippen LogP contribution is -2.48. The van der Waals surface area contributed by atoms with E-state index < -0.39 is 8.80 Å². The highest BCUT2D eigenvalue weighted by Gasteiger charge is 2.40. The van der Waals surface area contributed by atoms with Crippen LogP contribution in [0.1, 0.15) is 66.2 Å². The maximum Gasteiger partial charge on any atom is 0.529 e. The van der Waals surface area contributed by atoms with Gasteiger partial charge in [0.1, 0.15) is 0 Å². The number of hydrogen-bond donors (Lipinski definition) is 0. The normalized spacial score (nSPS) is 15.2. The largest absolute Gasteiger partial charge is 0.529 e. The third kappa shape index (κ3) is 9.38. The quantitative estimate of drug-likeness (QED) is 0.414. The molecule has 0 N–H and O–H groups in total. The molecule has 0 heterocycles. The van der Waals surface area contributed by atoms with Crippen molar-refractivity contribution >= 4 is 8.80 Å². The van der Waals surface area contributed by atoms with Gasteiger partial charge < -0.3 is 13.3 Å². The Morgan fingerprint density at radius 1 is 1.05 bits per heavy atom. The van der Waals surface area contributed by atoms with Crippen molar-refractivity contribution in [3.8, 4) is 0 Å². The first-order valence-corrected chi connectivity index (χ1v) is 9.22. The summed E-state index contributed by atoms with van der Waals surface area (Å²) in [6.07, 6.45) is 7.49. The summed E-state index contributed by atoms with van der Waals surface area (Å²) in [6, 6.07) is 0. The zero-order valence-electron chi connectivity index (χ0n) is 13.5. The molecule has 1 atom stereocenters. The van der Waals surface area contributed by atoms with Crippen LogP contribution in [0.3, 0.4) is 0 Å². The van der Waals surface area contributed by atoms with Gasteiger partial charge in [0.25, 0.3) is 0 Å². The summed E-state index contributed by atoms with van der Waals surface area (Å²) in [5.74, 6) is 0. The van der Waals surface area contributed by atoms with E-state index >= 15 is 0 Å². The second-order valence-corrected chi connectivity index (χ2v) is 8.36. The Morgan fingerprint density at radius 3 is 2.11 bits per heavy atom. The van der Waals surface area contributed by atoms with Gasteiger partial charge in [0.15, 0.2) is 0 Å². The van der Waals surface area contributed by atoms with Crippen LogP contribution >= 0.6 is 0 Å². The van der Waals surface area contributed by atoms with Crippen LogP contribution in [0.15, 0.2) is 12.3 Å². The van der Waals surface area contributed by atoms with Gasteiger partial charge in [-0.15, -0.1) is 0 Å². The van der Waals surface area contributed by atoms with E-state index in [9.17, 15) is 0 Å². The molecule has 19 heavy (non-hydrogen) atoms. The topological polar surface area (TPSA) is 27.7 Å². The maximum atomic E-state index is 5.95. The Balaban J connectivity index is 3.98. The van der Waals surface area contributed by atoms with Gasteiger partial charge in [0, 0.05) is 13.7 Å². The second kappa shape index (κ2) is 9.70. The Hall–Kier alpha value is -0.163. The average molecular weight is 289 g/mol. The molecular weight excluding hydrogens is 256 g/mol. The van der Waals surface area contributed by atoms with Crippen molar-refractivity contribution in [3.63, 3.8) is 0 Å². The molecule has 0 aliphatic heterocycles. The molecule has 0 aromatic heterocycles. The molecule has 0 bridgehead atoms. The van der Waals surface area contributed by atoms with E-state index in [1.807, 2.05) is 20.8 Å². The van der Waals surface area contributed by atoms with Gasteiger partial charge in [-0.1, -0.05) is 45.6 Å². The SMILES string of the molecule is C=C[Si](OC)(OCCCCCCCC)OC(C)(C)C. The first kappa shape index (κ1) is 18.8. The molecule has 0 radical (unpaired) electrons. The highest BCUT2D eigenvalue weighted by Crippen LogP contribution is 2.20. The first-order chi connectivity index (χ1) is 8.89. The monoisotopic (exact) mass is 288 g/mol. The van der Waals surface area contributed by atoms with E-state index in [0.717, 1.165) is 6.42 Å². The van der Waals surface area contributed by atoms with Crippen LogP contribution in [0.2, 0.25) is 0 Å². The van der Waals surface area contributed by atoms with E-state index in [-0.39, 0.29) is 5.60 Å². The van der Waals surface area contributed by atoms with Crippen LogP contribution in [-0.2, 0) is 13.3 Å². The van der Waals surface area contributed by atoms with Gasteiger partial charge in [-0.25, -0.2) is 0 Å². The van der Waals surface area contributed by atoms with Crippen molar-refractivity contribution in [1.82, 2.24) is 0 Å². The van der Waals surface area contributed by atoms with Gasteiger partial charge in [-0.2, -0.15) is 0 Å². The molecule has 1 unspecified atom stereocenters. The fourth-order valence-corrected chi connectivity index (χ4v) is 3.75. The molecule has 3 nitrogen and oxygen atoms in total. The zero-order chi connectivity index (χ0) is 14.8. The molecule has 0 aliphatic rings. The predicted molar refractivity (Wildman–Crippen MR) is 83.1 cm³/mol. The van der Waals surface area contributed by atoms with Crippen LogP contribution < -0.4 is 0 Å². The molecule has 4 heteroatoms. The average Bonchev–Trinajstić information content (AvgIpc) is 2.35. The lowest BCUT2D eigenvalue weighted by Gasteiger charge is -2.32. The number of rotatable bonds is 11. The van der Waals surface area contributed by atoms with Crippen LogP contribution in [-0.4, -0.2) is 28.1 Å². The van der Waals surface area contributed by atoms with Crippen molar-refractivity contribution in [3.05, 3.63) is 12.3 Å². The summed E-state index contributed by atoms with van der Waals surface area (Å²) in [6.45, 7) is 12.8. The first-order valence-electron chi connectivity index (χ1n) is 7.42. The molecule has 0 aliphatic carbocycles. The molecule has 0 fully saturated rings. The molecule has 0 saturated heterocycles. The molecular formula is C15H32O3Si. The van der Waals surface area contributed by atoms with Crippen LogP contribution in [0.25, 0.3) is 0 Å². The minimum Gasteiger partial charge on any atom is -0.374 e. The Kier molecular flexibility index (Phi) is 9.61. The predicted octanol–water partition coefficient (Wildman–Crippen LogP) is 4.49.